The number of aromatic amines is 1. The number of rotatable bonds is 14. The lowest BCUT2D eigenvalue weighted by molar-refractivity contribution is -0.385. The van der Waals surface area contributed by atoms with Crippen molar-refractivity contribution in [3.8, 4) is 5.75 Å². The number of carbonyl (C=O) groups is 9. The van der Waals surface area contributed by atoms with E-state index < -0.39 is 192 Å². The zero-order valence-electron chi connectivity index (χ0n) is 43.4. The first-order valence-electron chi connectivity index (χ1n) is 25.7. The topological polar surface area (TPSA) is 402 Å². The summed E-state index contributed by atoms with van der Waals surface area (Å²) in [5.41, 5.74) is 3.58. The van der Waals surface area contributed by atoms with Crippen LogP contribution in [0.5, 0.6) is 5.75 Å². The molecule has 5 unspecified atom stereocenters. The molecule has 0 aliphatic carbocycles. The van der Waals surface area contributed by atoms with E-state index in [0.29, 0.717) is 16.8 Å². The quantitative estimate of drug-likeness (QED) is 0.0409. The minimum atomic E-state index is -2.40. The SMILES string of the molecule is CC[C@H](C)[C@@H]1NC(=O)CNC(=O)C2CC(=O)[C@H]([C@@H](C)[C@@H](O)CO)NC(=O)[C@@H]3CC(O)CN3C3(CCCSSc4ccc([N+](=O)[O-])cn4)Oc4ccc5c(c([nH]c5c4)S(=O)CC(NC(=O)CNC1=O)C(=O)C[C@@H](CC(N)=O)C3=O)C2. The average molecular weight is 1160 g/mol. The molecule has 1 fully saturated rings. The van der Waals surface area contributed by atoms with Gasteiger partial charge in [0.1, 0.15) is 28.0 Å². The van der Waals surface area contributed by atoms with Gasteiger partial charge < -0.3 is 57.4 Å². The molecule has 2 aromatic heterocycles. The zero-order valence-corrected chi connectivity index (χ0v) is 45.9. The van der Waals surface area contributed by atoms with Crippen molar-refractivity contribution in [1.29, 1.82) is 0 Å². The Balaban J connectivity index is 1.46. The summed E-state index contributed by atoms with van der Waals surface area (Å²) in [7, 11) is 0.0744. The molecule has 26 nitrogen and oxygen atoms in total. The first-order chi connectivity index (χ1) is 37.5. The molecule has 12 atom stereocenters. The lowest BCUT2D eigenvalue weighted by Crippen LogP contribution is -2.65. The summed E-state index contributed by atoms with van der Waals surface area (Å²) < 4.78 is 21.9. The third-order valence-corrected chi connectivity index (χ3v) is 18.6. The van der Waals surface area contributed by atoms with Crippen LogP contribution in [0, 0.1) is 33.8 Å². The minimum absolute atomic E-state index is 0.0432. The van der Waals surface area contributed by atoms with Crippen LogP contribution < -0.4 is 37.1 Å². The van der Waals surface area contributed by atoms with Gasteiger partial charge in [-0.1, -0.05) is 38.0 Å². The molecule has 6 amide bonds. The monoisotopic (exact) mass is 1160 g/mol. The van der Waals surface area contributed by atoms with Crippen LogP contribution in [-0.2, 0) is 60.4 Å². The van der Waals surface area contributed by atoms with Crippen LogP contribution in [-0.4, -0.2) is 172 Å². The molecule has 0 saturated carbocycles. The number of ether oxygens (including phenoxy) is 1. The highest BCUT2D eigenvalue weighted by Crippen LogP contribution is 2.41. The van der Waals surface area contributed by atoms with Crippen molar-refractivity contribution in [3.05, 3.63) is 52.2 Å². The molecule has 3 aromatic rings. The first kappa shape index (κ1) is 60.3. The lowest BCUT2D eigenvalue weighted by Gasteiger charge is -2.45. The normalized spacial score (nSPS) is 28.0. The van der Waals surface area contributed by atoms with Gasteiger partial charge in [-0.15, -0.1) is 0 Å². The second kappa shape index (κ2) is 26.3. The molecule has 1 saturated heterocycles. The fourth-order valence-corrected chi connectivity index (χ4v) is 13.7. The number of nitrogens with zero attached hydrogens (tertiary/aromatic N) is 3. The highest BCUT2D eigenvalue weighted by Gasteiger charge is 2.57. The summed E-state index contributed by atoms with van der Waals surface area (Å²) in [6.07, 6.45) is -4.98. The molecule has 428 valence electrons. The largest absolute Gasteiger partial charge is 0.465 e. The Labute approximate surface area is 463 Å². The van der Waals surface area contributed by atoms with Gasteiger partial charge in [-0.25, -0.2) is 9.88 Å². The van der Waals surface area contributed by atoms with Crippen molar-refractivity contribution in [2.45, 2.75) is 124 Å². The number of H-pyrrole nitrogens is 1. The number of amides is 6. The van der Waals surface area contributed by atoms with Gasteiger partial charge in [-0.3, -0.25) is 57.5 Å². The van der Waals surface area contributed by atoms with Gasteiger partial charge in [0.05, 0.1) is 77.0 Å². The number of fused-ring (bicyclic) bond motifs is 7. The number of aliphatic hydroxyl groups is 3. The van der Waals surface area contributed by atoms with Gasteiger partial charge in [0.2, 0.25) is 41.2 Å². The number of ketones is 3. The summed E-state index contributed by atoms with van der Waals surface area (Å²) in [6, 6.07) is 0.989. The van der Waals surface area contributed by atoms with Gasteiger partial charge in [-0.2, -0.15) is 0 Å². The molecule has 0 radical (unpaired) electrons. The number of benzene rings is 1. The summed E-state index contributed by atoms with van der Waals surface area (Å²) in [5, 5.41) is 57.6. The molecule has 29 heteroatoms. The van der Waals surface area contributed by atoms with E-state index >= 15 is 9.59 Å². The van der Waals surface area contributed by atoms with E-state index in [1.165, 1.54) is 52.9 Å². The number of carbonyl (C=O) groups excluding carboxylic acids is 9. The van der Waals surface area contributed by atoms with Gasteiger partial charge in [0, 0.05) is 73.3 Å². The summed E-state index contributed by atoms with van der Waals surface area (Å²) in [6.45, 7) is 2.00. The molecule has 8 bridgehead atoms. The number of primary amides is 1. The number of Topliss-reactive ketones (excluding diaryl/α,β-unsaturated/α-hetero) is 3. The van der Waals surface area contributed by atoms with Crippen molar-refractivity contribution in [2.24, 2.45) is 29.4 Å². The van der Waals surface area contributed by atoms with Crippen LogP contribution in [0.25, 0.3) is 10.9 Å². The van der Waals surface area contributed by atoms with Gasteiger partial charge >= 0.3 is 0 Å². The van der Waals surface area contributed by atoms with E-state index in [9.17, 15) is 63.2 Å². The number of hydrogen-bond donors (Lipinski definition) is 10. The van der Waals surface area contributed by atoms with Crippen LogP contribution in [0.2, 0.25) is 0 Å². The Morgan fingerprint density at radius 1 is 0.975 bits per heavy atom. The van der Waals surface area contributed by atoms with Crippen molar-refractivity contribution < 1.29 is 72.3 Å². The highest BCUT2D eigenvalue weighted by atomic mass is 33.1. The smallest absolute Gasteiger partial charge is 0.287 e. The molecule has 7 rings (SSSR count). The second-order valence-electron chi connectivity index (χ2n) is 20.3. The van der Waals surface area contributed by atoms with Crippen LogP contribution in [0.1, 0.15) is 71.3 Å². The maximum Gasteiger partial charge on any atom is 0.287 e. The Morgan fingerprint density at radius 2 is 1.70 bits per heavy atom. The maximum atomic E-state index is 16.1. The molecule has 11 N–H and O–H groups in total. The van der Waals surface area contributed by atoms with Crippen LogP contribution in [0.15, 0.2) is 46.6 Å². The average Bonchev–Trinajstić information content (AvgIpc) is 4.26. The zero-order chi connectivity index (χ0) is 57.5. The molecule has 6 heterocycles. The van der Waals surface area contributed by atoms with Crippen molar-refractivity contribution >= 4 is 102 Å². The number of aliphatic hydroxyl groups excluding tert-OH is 3. The Morgan fingerprint density at radius 3 is 2.37 bits per heavy atom. The van der Waals surface area contributed by atoms with E-state index in [-0.39, 0.29) is 52.6 Å². The van der Waals surface area contributed by atoms with Gasteiger partial charge in [-0.05, 0) is 59.7 Å². The molecular formula is C50H64N10O16S3. The highest BCUT2D eigenvalue weighted by molar-refractivity contribution is 8.76. The molecule has 1 aromatic carbocycles. The van der Waals surface area contributed by atoms with E-state index in [2.05, 4.69) is 36.6 Å². The number of aromatic nitrogens is 2. The number of nitro groups is 1. The van der Waals surface area contributed by atoms with Gasteiger partial charge in [0.25, 0.3) is 5.69 Å². The molecule has 4 aliphatic rings. The van der Waals surface area contributed by atoms with Crippen molar-refractivity contribution in [3.63, 3.8) is 0 Å². The first-order valence-corrected chi connectivity index (χ1v) is 29.4. The minimum Gasteiger partial charge on any atom is -0.465 e. The Kier molecular flexibility index (Phi) is 20.0. The number of nitrogens with one attached hydrogen (secondary N) is 6. The van der Waals surface area contributed by atoms with Crippen LogP contribution >= 0.6 is 21.6 Å². The van der Waals surface area contributed by atoms with E-state index in [1.807, 2.05) is 0 Å². The van der Waals surface area contributed by atoms with E-state index in [1.54, 1.807) is 13.8 Å². The Bertz CT molecular complexity index is 2890. The number of nitrogens with two attached hydrogens (primary N) is 1. The fraction of sp³-hybridized carbons (Fsp3) is 0.560. The van der Waals surface area contributed by atoms with Crippen LogP contribution in [0.3, 0.4) is 0 Å². The standard InChI is InChI=1S/C50H64N10O16S3/c1-4-24(2)43-48(72)54-19-40(67)55-34-23-79(75)49-32-12-27(46(70)53-20-41(68)57-43)14-37(64)44(25(3)38(65)22-61)58-47(71)35-16-29(62)21-59(35)50(45(69)26(13-36(34)63)15-39(51)66,76-30-7-8-31(32)33(17-30)56-49)10-5-11-77-78-42-9-6-28(18-52-42)60(73)74/h6-9,17-18,24-27,29,34-35,38,43-44,56,61-62,65H,4-5,10-16,19-23H2,1-3H3,(H2,51,66)(H,53,70)(H,54,72)(H,55,67)(H,57,68)(H,58,71)/t24-,25-,26-,27?,29?,34?,35-,38-,43-,44-,50?,79?/m0/s1. The third kappa shape index (κ3) is 14.2. The molecular weight excluding hydrogens is 1090 g/mol. The Hall–Kier alpha value is -6.37. The summed E-state index contributed by atoms with van der Waals surface area (Å²) in [4.78, 5) is 149. The molecule has 0 spiro atoms. The van der Waals surface area contributed by atoms with E-state index in [4.69, 9.17) is 10.5 Å². The maximum absolute atomic E-state index is 16.1. The second-order valence-corrected chi connectivity index (χ2v) is 24.1. The molecule has 4 aliphatic heterocycles. The summed E-state index contributed by atoms with van der Waals surface area (Å²) >= 11 is 0. The van der Waals surface area contributed by atoms with Crippen molar-refractivity contribution in [1.82, 2.24) is 41.5 Å². The number of pyridine rings is 1. The predicted molar refractivity (Wildman–Crippen MR) is 285 cm³/mol. The number of hydrogen-bond acceptors (Lipinski definition) is 20. The lowest BCUT2D eigenvalue weighted by atomic mass is 9.83. The van der Waals surface area contributed by atoms with Crippen molar-refractivity contribution in [2.75, 3.05) is 37.7 Å². The predicted octanol–water partition coefficient (Wildman–Crippen LogP) is -0.789. The summed E-state index contributed by atoms with van der Waals surface area (Å²) in [5.74, 6) is -13.7. The van der Waals surface area contributed by atoms with E-state index in [0.717, 1.165) is 17.0 Å². The van der Waals surface area contributed by atoms with Crippen LogP contribution in [0.4, 0.5) is 5.69 Å². The van der Waals surface area contributed by atoms with Gasteiger partial charge in [0.15, 0.2) is 17.3 Å². The third-order valence-electron chi connectivity index (χ3n) is 14.8. The fourth-order valence-electron chi connectivity index (χ4n) is 10.3. The molecule has 79 heavy (non-hydrogen) atoms.